The minimum absolute atomic E-state index is 0.288. The van der Waals surface area contributed by atoms with Gasteiger partial charge in [-0.3, -0.25) is 9.78 Å². The quantitative estimate of drug-likeness (QED) is 0.643. The Morgan fingerprint density at radius 1 is 0.929 bits per heavy atom. The van der Waals surface area contributed by atoms with E-state index >= 15 is 0 Å². The summed E-state index contributed by atoms with van der Waals surface area (Å²) in [6, 6.07) is 14.5. The zero-order chi connectivity index (χ0) is 20.1. The van der Waals surface area contributed by atoms with Gasteiger partial charge in [-0.1, -0.05) is 18.2 Å². The molecular formula is C22H21N3O3. The number of benzene rings is 2. The Labute approximate surface area is 163 Å². The number of anilines is 3. The van der Waals surface area contributed by atoms with Crippen LogP contribution in [0.2, 0.25) is 0 Å². The lowest BCUT2D eigenvalue weighted by Crippen LogP contribution is -2.15. The molecule has 0 saturated heterocycles. The number of aromatic nitrogens is 1. The van der Waals surface area contributed by atoms with Crippen LogP contribution < -0.4 is 10.6 Å². The number of ether oxygens (including phenoxy) is 1. The van der Waals surface area contributed by atoms with Crippen LogP contribution >= 0.6 is 0 Å². The second kappa shape index (κ2) is 8.35. The van der Waals surface area contributed by atoms with Gasteiger partial charge >= 0.3 is 5.97 Å². The Morgan fingerprint density at radius 3 is 2.36 bits per heavy atom. The number of aryl methyl sites for hydroxylation is 2. The molecule has 0 spiro atoms. The minimum atomic E-state index is -0.515. The van der Waals surface area contributed by atoms with E-state index in [2.05, 4.69) is 21.7 Å². The van der Waals surface area contributed by atoms with Crippen LogP contribution in [0.3, 0.4) is 0 Å². The molecule has 3 rings (SSSR count). The zero-order valence-corrected chi connectivity index (χ0v) is 15.9. The van der Waals surface area contributed by atoms with Crippen molar-refractivity contribution in [1.29, 1.82) is 0 Å². The van der Waals surface area contributed by atoms with Gasteiger partial charge in [0.15, 0.2) is 0 Å². The van der Waals surface area contributed by atoms with Gasteiger partial charge in [0.25, 0.3) is 5.91 Å². The van der Waals surface area contributed by atoms with E-state index in [-0.39, 0.29) is 11.5 Å². The second-order valence-corrected chi connectivity index (χ2v) is 6.45. The third-order valence-electron chi connectivity index (χ3n) is 4.09. The maximum absolute atomic E-state index is 12.7. The van der Waals surface area contributed by atoms with Crippen LogP contribution in [-0.2, 0) is 4.74 Å². The molecule has 0 bridgehead atoms. The fraction of sp³-hybridized carbons (Fsp3) is 0.136. The Morgan fingerprint density at radius 2 is 1.64 bits per heavy atom. The summed E-state index contributed by atoms with van der Waals surface area (Å²) >= 11 is 0. The van der Waals surface area contributed by atoms with E-state index in [1.54, 1.807) is 36.5 Å². The Hall–Kier alpha value is -3.67. The topological polar surface area (TPSA) is 80.3 Å². The van der Waals surface area contributed by atoms with Gasteiger partial charge in [0.1, 0.15) is 0 Å². The molecule has 28 heavy (non-hydrogen) atoms. The molecule has 0 aliphatic carbocycles. The van der Waals surface area contributed by atoms with Crippen LogP contribution in [0.5, 0.6) is 0 Å². The van der Waals surface area contributed by atoms with E-state index in [4.69, 9.17) is 4.74 Å². The molecule has 142 valence electrons. The molecule has 3 aromatic rings. The van der Waals surface area contributed by atoms with Crippen LogP contribution in [0.1, 0.15) is 31.8 Å². The summed E-state index contributed by atoms with van der Waals surface area (Å²) in [6.45, 7) is 4.05. The number of carbonyl (C=O) groups is 2. The number of rotatable bonds is 5. The van der Waals surface area contributed by atoms with Gasteiger partial charge in [0, 0.05) is 11.9 Å². The van der Waals surface area contributed by atoms with Gasteiger partial charge in [-0.25, -0.2) is 4.79 Å². The average Bonchev–Trinajstić information content (AvgIpc) is 2.67. The first kappa shape index (κ1) is 19.1. The van der Waals surface area contributed by atoms with Crippen LogP contribution in [0.15, 0.2) is 60.9 Å². The standard InChI is InChI=1S/C22H21N3O3/c1-14-8-15(2)10-17(9-14)24-18-11-16(12-23-13-18)21(26)25-20-7-5-4-6-19(20)22(27)28-3/h4-13,24H,1-3H3,(H,25,26). The second-order valence-electron chi connectivity index (χ2n) is 6.45. The maximum atomic E-state index is 12.7. The lowest BCUT2D eigenvalue weighted by atomic mass is 10.1. The molecule has 2 aromatic carbocycles. The fourth-order valence-electron chi connectivity index (χ4n) is 2.92. The highest BCUT2D eigenvalue weighted by Crippen LogP contribution is 2.21. The minimum Gasteiger partial charge on any atom is -0.465 e. The van der Waals surface area contributed by atoms with Gasteiger partial charge in [0.2, 0.25) is 0 Å². The van der Waals surface area contributed by atoms with Crippen LogP contribution in [-0.4, -0.2) is 24.0 Å². The van der Waals surface area contributed by atoms with Crippen molar-refractivity contribution in [2.24, 2.45) is 0 Å². The van der Waals surface area contributed by atoms with E-state index in [1.807, 2.05) is 26.0 Å². The number of hydrogen-bond acceptors (Lipinski definition) is 5. The van der Waals surface area contributed by atoms with E-state index in [9.17, 15) is 9.59 Å². The van der Waals surface area contributed by atoms with Crippen LogP contribution in [0.25, 0.3) is 0 Å². The number of amides is 1. The van der Waals surface area contributed by atoms with E-state index < -0.39 is 5.97 Å². The smallest absolute Gasteiger partial charge is 0.339 e. The zero-order valence-electron chi connectivity index (χ0n) is 15.9. The van der Waals surface area contributed by atoms with Crippen molar-refractivity contribution >= 4 is 28.9 Å². The molecule has 6 nitrogen and oxygen atoms in total. The summed E-state index contributed by atoms with van der Waals surface area (Å²) in [4.78, 5) is 28.7. The monoisotopic (exact) mass is 375 g/mol. The maximum Gasteiger partial charge on any atom is 0.339 e. The fourth-order valence-corrected chi connectivity index (χ4v) is 2.92. The normalized spacial score (nSPS) is 10.2. The van der Waals surface area contributed by atoms with Gasteiger partial charge in [-0.2, -0.15) is 0 Å². The number of nitrogens with zero attached hydrogens (tertiary/aromatic N) is 1. The Balaban J connectivity index is 1.80. The molecule has 0 fully saturated rings. The number of methoxy groups -OCH3 is 1. The average molecular weight is 375 g/mol. The number of para-hydroxylation sites is 1. The molecule has 0 unspecified atom stereocenters. The third kappa shape index (κ3) is 4.54. The van der Waals surface area contributed by atoms with Crippen molar-refractivity contribution in [3.63, 3.8) is 0 Å². The van der Waals surface area contributed by atoms with Gasteiger partial charge in [-0.05, 0) is 55.3 Å². The summed E-state index contributed by atoms with van der Waals surface area (Å²) < 4.78 is 4.76. The lowest BCUT2D eigenvalue weighted by molar-refractivity contribution is 0.0602. The first-order chi connectivity index (χ1) is 13.5. The van der Waals surface area contributed by atoms with Gasteiger partial charge < -0.3 is 15.4 Å². The number of hydrogen-bond donors (Lipinski definition) is 2. The molecule has 0 saturated carbocycles. The van der Waals surface area contributed by atoms with E-state index in [0.717, 1.165) is 16.8 Å². The number of nitrogens with one attached hydrogen (secondary N) is 2. The molecule has 0 atom stereocenters. The molecule has 2 N–H and O–H groups in total. The van der Waals surface area contributed by atoms with Crippen molar-refractivity contribution < 1.29 is 14.3 Å². The summed E-state index contributed by atoms with van der Waals surface area (Å²) in [5.41, 5.74) is 4.94. The van der Waals surface area contributed by atoms with Crippen molar-refractivity contribution in [3.05, 3.63) is 83.2 Å². The third-order valence-corrected chi connectivity index (χ3v) is 4.09. The lowest BCUT2D eigenvalue weighted by Gasteiger charge is -2.11. The largest absolute Gasteiger partial charge is 0.465 e. The highest BCUT2D eigenvalue weighted by atomic mass is 16.5. The summed E-state index contributed by atoms with van der Waals surface area (Å²) in [7, 11) is 1.30. The molecule has 0 aliphatic rings. The van der Waals surface area contributed by atoms with E-state index in [0.29, 0.717) is 16.9 Å². The van der Waals surface area contributed by atoms with Crippen LogP contribution in [0.4, 0.5) is 17.1 Å². The molecular weight excluding hydrogens is 354 g/mol. The molecule has 1 heterocycles. The molecule has 0 radical (unpaired) electrons. The molecule has 6 heteroatoms. The van der Waals surface area contributed by atoms with Gasteiger partial charge in [-0.15, -0.1) is 0 Å². The molecule has 1 amide bonds. The summed E-state index contributed by atoms with van der Waals surface area (Å²) in [6.07, 6.45) is 3.12. The molecule has 1 aromatic heterocycles. The summed E-state index contributed by atoms with van der Waals surface area (Å²) in [5.74, 6) is -0.882. The highest BCUT2D eigenvalue weighted by Gasteiger charge is 2.15. The van der Waals surface area contributed by atoms with Crippen molar-refractivity contribution in [2.45, 2.75) is 13.8 Å². The molecule has 0 aliphatic heterocycles. The van der Waals surface area contributed by atoms with Crippen LogP contribution in [0, 0.1) is 13.8 Å². The number of esters is 1. The highest BCUT2D eigenvalue weighted by molar-refractivity contribution is 6.08. The van der Waals surface area contributed by atoms with Crippen molar-refractivity contribution in [2.75, 3.05) is 17.7 Å². The van der Waals surface area contributed by atoms with Gasteiger partial charge in [0.05, 0.1) is 35.8 Å². The van der Waals surface area contributed by atoms with Crippen molar-refractivity contribution in [1.82, 2.24) is 4.98 Å². The first-order valence-electron chi connectivity index (χ1n) is 8.75. The van der Waals surface area contributed by atoms with E-state index in [1.165, 1.54) is 13.3 Å². The first-order valence-corrected chi connectivity index (χ1v) is 8.75. The predicted molar refractivity (Wildman–Crippen MR) is 109 cm³/mol. The Kier molecular flexibility index (Phi) is 5.69. The number of pyridine rings is 1. The summed E-state index contributed by atoms with van der Waals surface area (Å²) in [5, 5.41) is 6.01. The predicted octanol–water partition coefficient (Wildman–Crippen LogP) is 4.48. The number of carbonyl (C=O) groups excluding carboxylic acids is 2. The Bertz CT molecular complexity index is 1010. The SMILES string of the molecule is COC(=O)c1ccccc1NC(=O)c1cncc(Nc2cc(C)cc(C)c2)c1. The van der Waals surface area contributed by atoms with Crippen molar-refractivity contribution in [3.8, 4) is 0 Å².